The van der Waals surface area contributed by atoms with Crippen molar-refractivity contribution in [3.63, 3.8) is 0 Å². The van der Waals surface area contributed by atoms with Crippen LogP contribution >= 0.6 is 22.7 Å². The van der Waals surface area contributed by atoms with Gasteiger partial charge in [-0.25, -0.2) is 14.8 Å². The summed E-state index contributed by atoms with van der Waals surface area (Å²) in [6.07, 6.45) is 3.50. The average Bonchev–Trinajstić information content (AvgIpc) is 3.35. The third kappa shape index (κ3) is 5.65. The normalized spacial score (nSPS) is 10.4. The van der Waals surface area contributed by atoms with Crippen molar-refractivity contribution in [2.45, 2.75) is 13.3 Å². The van der Waals surface area contributed by atoms with E-state index in [1.165, 1.54) is 6.20 Å². The van der Waals surface area contributed by atoms with Crippen molar-refractivity contribution in [3.8, 4) is 11.5 Å². The van der Waals surface area contributed by atoms with Crippen molar-refractivity contribution < 1.29 is 24.2 Å². The van der Waals surface area contributed by atoms with Crippen LogP contribution in [0.15, 0.2) is 42.6 Å². The van der Waals surface area contributed by atoms with Crippen molar-refractivity contribution in [1.82, 2.24) is 9.97 Å². The lowest BCUT2D eigenvalue weighted by Gasteiger charge is -2.11. The van der Waals surface area contributed by atoms with Gasteiger partial charge in [0.1, 0.15) is 23.0 Å². The Morgan fingerprint density at radius 2 is 2.00 bits per heavy atom. The molecule has 0 aliphatic rings. The number of hydrogen-bond donors (Lipinski definition) is 2. The number of ether oxygens (including phenoxy) is 2. The van der Waals surface area contributed by atoms with Crippen LogP contribution in [0.25, 0.3) is 0 Å². The van der Waals surface area contributed by atoms with E-state index in [4.69, 9.17) is 14.6 Å². The number of aromatic carboxylic acids is 1. The fraction of sp³-hybridized carbons (Fsp3) is 0.200. The van der Waals surface area contributed by atoms with E-state index in [9.17, 15) is 9.59 Å². The van der Waals surface area contributed by atoms with E-state index in [1.807, 2.05) is 6.92 Å². The molecule has 3 rings (SSSR count). The molecule has 30 heavy (non-hydrogen) atoms. The van der Waals surface area contributed by atoms with Crippen molar-refractivity contribution in [2.75, 3.05) is 18.5 Å². The Balaban J connectivity index is 1.73. The molecule has 0 fully saturated rings. The number of thiazole rings is 2. The molecule has 0 bridgehead atoms. The van der Waals surface area contributed by atoms with Crippen LogP contribution in [0.2, 0.25) is 0 Å². The molecule has 0 saturated heterocycles. The van der Waals surface area contributed by atoms with E-state index in [2.05, 4.69) is 21.9 Å². The number of rotatable bonds is 10. The number of carboxylic acid groups (broad SMARTS) is 1. The van der Waals surface area contributed by atoms with Crippen molar-refractivity contribution >= 4 is 39.7 Å². The maximum Gasteiger partial charge on any atom is 0.347 e. The Bertz CT molecular complexity index is 1060. The smallest absolute Gasteiger partial charge is 0.347 e. The summed E-state index contributed by atoms with van der Waals surface area (Å²) in [4.78, 5) is 32.9. The second-order valence-corrected chi connectivity index (χ2v) is 8.01. The second-order valence-electron chi connectivity index (χ2n) is 6.04. The molecule has 2 N–H and O–H groups in total. The summed E-state index contributed by atoms with van der Waals surface area (Å²) in [5.74, 6) is -0.612. The minimum atomic E-state index is -1.10. The molecule has 2 aromatic heterocycles. The van der Waals surface area contributed by atoms with E-state index >= 15 is 0 Å². The number of hydrogen-bond acceptors (Lipinski definition) is 8. The number of carboxylic acids is 1. The fourth-order valence-corrected chi connectivity index (χ4v) is 3.87. The molecule has 3 aromatic rings. The Kier molecular flexibility index (Phi) is 7.15. The standard InChI is InChI=1S/C20H19N3O5S2/c1-3-5-27-14-7-13(18(24)23-20-21-10-17(30-20)19(25)26)8-15(9-14)28-6-4-16-12(2)22-11-29-16/h3,7-11H,1,4-6H2,2H3,(H,25,26)(H,21,23,24). The zero-order chi connectivity index (χ0) is 21.5. The lowest BCUT2D eigenvalue weighted by atomic mass is 10.2. The molecule has 1 amide bonds. The molecule has 0 saturated carbocycles. The molecule has 0 spiro atoms. The van der Waals surface area contributed by atoms with Gasteiger partial charge in [0.2, 0.25) is 0 Å². The van der Waals surface area contributed by atoms with Gasteiger partial charge < -0.3 is 14.6 Å². The highest BCUT2D eigenvalue weighted by Gasteiger charge is 2.15. The quantitative estimate of drug-likeness (QED) is 0.453. The maximum atomic E-state index is 12.6. The highest BCUT2D eigenvalue weighted by atomic mass is 32.1. The molecule has 10 heteroatoms. The van der Waals surface area contributed by atoms with Crippen LogP contribution in [0.3, 0.4) is 0 Å². The topological polar surface area (TPSA) is 111 Å². The van der Waals surface area contributed by atoms with Crippen molar-refractivity contribution in [1.29, 1.82) is 0 Å². The predicted molar refractivity (Wildman–Crippen MR) is 115 cm³/mol. The summed E-state index contributed by atoms with van der Waals surface area (Å²) in [7, 11) is 0. The number of nitrogens with zero attached hydrogens (tertiary/aromatic N) is 2. The van der Waals surface area contributed by atoms with Crippen LogP contribution in [0, 0.1) is 6.92 Å². The zero-order valence-corrected chi connectivity index (χ0v) is 17.7. The van der Waals surface area contributed by atoms with Gasteiger partial charge in [-0.3, -0.25) is 10.1 Å². The lowest BCUT2D eigenvalue weighted by Crippen LogP contribution is -2.12. The third-order valence-electron chi connectivity index (χ3n) is 3.89. The molecule has 0 unspecified atom stereocenters. The van der Waals surface area contributed by atoms with Gasteiger partial charge in [0.05, 0.1) is 24.0 Å². The molecule has 8 nitrogen and oxygen atoms in total. The molecule has 0 atom stereocenters. The maximum absolute atomic E-state index is 12.6. The van der Waals surface area contributed by atoms with Crippen LogP contribution in [-0.4, -0.2) is 40.2 Å². The molecule has 156 valence electrons. The number of benzene rings is 1. The van der Waals surface area contributed by atoms with Crippen LogP contribution in [-0.2, 0) is 6.42 Å². The van der Waals surface area contributed by atoms with Crippen LogP contribution in [0.1, 0.15) is 30.6 Å². The second kappa shape index (κ2) is 9.99. The summed E-state index contributed by atoms with van der Waals surface area (Å²) in [5.41, 5.74) is 3.08. The summed E-state index contributed by atoms with van der Waals surface area (Å²) in [5, 5.41) is 11.8. The van der Waals surface area contributed by atoms with Gasteiger partial charge in [-0.05, 0) is 19.1 Å². The van der Waals surface area contributed by atoms with Gasteiger partial charge >= 0.3 is 5.97 Å². The fourth-order valence-electron chi connectivity index (χ4n) is 2.45. The zero-order valence-electron chi connectivity index (χ0n) is 16.1. The number of carbonyl (C=O) groups is 2. The Morgan fingerprint density at radius 1 is 1.23 bits per heavy atom. The van der Waals surface area contributed by atoms with Gasteiger partial charge in [-0.2, -0.15) is 0 Å². The Hall–Kier alpha value is -3.24. The van der Waals surface area contributed by atoms with Crippen LogP contribution in [0.5, 0.6) is 11.5 Å². The first-order valence-electron chi connectivity index (χ1n) is 8.87. The monoisotopic (exact) mass is 445 g/mol. The van der Waals surface area contributed by atoms with E-state index in [1.54, 1.807) is 41.1 Å². The molecule has 0 radical (unpaired) electrons. The van der Waals surface area contributed by atoms with Gasteiger partial charge in [0.15, 0.2) is 5.13 Å². The number of anilines is 1. The Morgan fingerprint density at radius 3 is 2.63 bits per heavy atom. The largest absolute Gasteiger partial charge is 0.493 e. The highest BCUT2D eigenvalue weighted by molar-refractivity contribution is 7.17. The lowest BCUT2D eigenvalue weighted by molar-refractivity contribution is 0.0701. The third-order valence-corrected chi connectivity index (χ3v) is 5.79. The number of nitrogens with one attached hydrogen (secondary N) is 1. The minimum Gasteiger partial charge on any atom is -0.493 e. The van der Waals surface area contributed by atoms with Crippen molar-refractivity contribution in [3.05, 3.63) is 63.6 Å². The first-order chi connectivity index (χ1) is 14.5. The number of aromatic nitrogens is 2. The molecule has 1 aromatic carbocycles. The number of aryl methyl sites for hydroxylation is 1. The summed E-state index contributed by atoms with van der Waals surface area (Å²) in [6, 6.07) is 4.87. The summed E-state index contributed by atoms with van der Waals surface area (Å²) < 4.78 is 11.4. The van der Waals surface area contributed by atoms with Gasteiger partial charge in [-0.15, -0.1) is 11.3 Å². The van der Waals surface area contributed by atoms with Crippen LogP contribution in [0.4, 0.5) is 5.13 Å². The molecule has 2 heterocycles. The first-order valence-corrected chi connectivity index (χ1v) is 10.6. The average molecular weight is 446 g/mol. The molecular weight excluding hydrogens is 426 g/mol. The molecule has 0 aliphatic heterocycles. The number of carbonyl (C=O) groups excluding carboxylic acids is 1. The van der Waals surface area contributed by atoms with Crippen LogP contribution < -0.4 is 14.8 Å². The van der Waals surface area contributed by atoms with Crippen molar-refractivity contribution in [2.24, 2.45) is 0 Å². The predicted octanol–water partition coefficient (Wildman–Crippen LogP) is 4.04. The summed E-state index contributed by atoms with van der Waals surface area (Å²) >= 11 is 2.45. The summed E-state index contributed by atoms with van der Waals surface area (Å²) in [6.45, 7) is 6.27. The highest BCUT2D eigenvalue weighted by Crippen LogP contribution is 2.25. The van der Waals surface area contributed by atoms with E-state index in [0.717, 1.165) is 21.9 Å². The molecule has 0 aliphatic carbocycles. The van der Waals surface area contributed by atoms with Gasteiger partial charge in [0.25, 0.3) is 5.91 Å². The number of amides is 1. The van der Waals surface area contributed by atoms with E-state index < -0.39 is 11.9 Å². The van der Waals surface area contributed by atoms with E-state index in [0.29, 0.717) is 30.1 Å². The SMILES string of the molecule is C=CCOc1cc(OCCc2scnc2C)cc(C(=O)Nc2ncc(C(=O)O)s2)c1. The molecular formula is C20H19N3O5S2. The van der Waals surface area contributed by atoms with Gasteiger partial charge in [-0.1, -0.05) is 24.0 Å². The minimum absolute atomic E-state index is 0.0377. The van der Waals surface area contributed by atoms with E-state index in [-0.39, 0.29) is 16.6 Å². The Labute approximate surface area is 180 Å². The van der Waals surface area contributed by atoms with Gasteiger partial charge in [0, 0.05) is 22.9 Å². The first kappa shape index (κ1) is 21.5.